The van der Waals surface area contributed by atoms with Gasteiger partial charge in [-0.2, -0.15) is 0 Å². The van der Waals surface area contributed by atoms with Crippen molar-refractivity contribution in [1.82, 2.24) is 9.97 Å². The Labute approximate surface area is 455 Å². The van der Waals surface area contributed by atoms with E-state index in [2.05, 4.69) is 254 Å². The van der Waals surface area contributed by atoms with Gasteiger partial charge < -0.3 is 0 Å². The van der Waals surface area contributed by atoms with Crippen LogP contribution in [0.25, 0.3) is 100 Å². The van der Waals surface area contributed by atoms with Crippen LogP contribution in [0.3, 0.4) is 0 Å². The van der Waals surface area contributed by atoms with Gasteiger partial charge in [0.25, 0.3) is 0 Å². The summed E-state index contributed by atoms with van der Waals surface area (Å²) in [4.78, 5) is 13.6. The SMILES string of the molecule is C=N/C=C\C(=C/Cc1ccc(-c2ccccc2-c2cc(-c3ccccc3-c3ccc(-c4cc(C(C)(C)C)ccn4)cc3)cc(-c3ccccc3-c3ccc(-c4cc(C)c(-c5ccc(F)cc5)cn4)cc3)c2)cc1)C(C)(C)C. The number of aliphatic imine (C=N–C) groups is 1. The van der Waals surface area contributed by atoms with Crippen LogP contribution in [-0.4, -0.2) is 16.7 Å². The van der Waals surface area contributed by atoms with Gasteiger partial charge in [0.15, 0.2) is 0 Å². The predicted molar refractivity (Wildman–Crippen MR) is 324 cm³/mol. The molecule has 4 heteroatoms. The maximum Gasteiger partial charge on any atom is 0.123 e. The molecule has 0 aliphatic heterocycles. The molecule has 0 amide bonds. The summed E-state index contributed by atoms with van der Waals surface area (Å²) in [5, 5.41) is 0. The number of benzene rings is 8. The number of aromatic nitrogens is 2. The van der Waals surface area contributed by atoms with Gasteiger partial charge in [-0.3, -0.25) is 15.0 Å². The first-order valence-corrected chi connectivity index (χ1v) is 26.5. The third-order valence-corrected chi connectivity index (χ3v) is 14.6. The Morgan fingerprint density at radius 3 is 1.30 bits per heavy atom. The van der Waals surface area contributed by atoms with Crippen LogP contribution in [0.1, 0.15) is 58.2 Å². The van der Waals surface area contributed by atoms with Crippen molar-refractivity contribution < 1.29 is 4.39 Å². The van der Waals surface area contributed by atoms with Gasteiger partial charge in [0.2, 0.25) is 0 Å². The summed E-state index contributed by atoms with van der Waals surface area (Å²) in [6.45, 7) is 19.1. The number of halogens is 1. The van der Waals surface area contributed by atoms with Crippen LogP contribution in [0.2, 0.25) is 0 Å². The van der Waals surface area contributed by atoms with Gasteiger partial charge in [0, 0.05) is 35.3 Å². The molecule has 0 aliphatic rings. The van der Waals surface area contributed by atoms with Crippen LogP contribution >= 0.6 is 0 Å². The summed E-state index contributed by atoms with van der Waals surface area (Å²) in [5.41, 5.74) is 24.4. The molecule has 77 heavy (non-hydrogen) atoms. The van der Waals surface area contributed by atoms with E-state index in [1.54, 1.807) is 18.3 Å². The first-order valence-electron chi connectivity index (χ1n) is 26.5. The molecule has 0 N–H and O–H groups in total. The molecule has 0 atom stereocenters. The highest BCUT2D eigenvalue weighted by molar-refractivity contribution is 5.94. The van der Waals surface area contributed by atoms with Gasteiger partial charge in [-0.05, 0) is 180 Å². The molecular weight excluding hydrogens is 938 g/mol. The highest BCUT2D eigenvalue weighted by atomic mass is 19.1. The Balaban J connectivity index is 1.06. The first-order chi connectivity index (χ1) is 37.2. The number of rotatable bonds is 13. The minimum atomic E-state index is -0.251. The zero-order chi connectivity index (χ0) is 53.7. The van der Waals surface area contributed by atoms with Crippen LogP contribution < -0.4 is 0 Å². The Morgan fingerprint density at radius 1 is 0.468 bits per heavy atom. The zero-order valence-corrected chi connectivity index (χ0v) is 45.2. The molecule has 0 spiro atoms. The molecule has 0 radical (unpaired) electrons. The molecule has 8 aromatic carbocycles. The largest absolute Gasteiger partial charge is 0.273 e. The highest BCUT2D eigenvalue weighted by Gasteiger charge is 2.19. The van der Waals surface area contributed by atoms with E-state index in [4.69, 9.17) is 9.97 Å². The lowest BCUT2D eigenvalue weighted by Crippen LogP contribution is -2.11. The minimum absolute atomic E-state index is 0.0140. The van der Waals surface area contributed by atoms with Crippen molar-refractivity contribution in [3.05, 3.63) is 265 Å². The van der Waals surface area contributed by atoms with Gasteiger partial charge in [0.1, 0.15) is 5.82 Å². The Bertz CT molecular complexity index is 3790. The van der Waals surface area contributed by atoms with E-state index in [1.165, 1.54) is 34.4 Å². The van der Waals surface area contributed by atoms with E-state index in [1.807, 2.05) is 12.4 Å². The number of hydrogen-bond donors (Lipinski definition) is 0. The number of nitrogens with zero attached hydrogens (tertiary/aromatic N) is 3. The van der Waals surface area contributed by atoms with Crippen molar-refractivity contribution in [3.8, 4) is 100 Å². The number of allylic oxidation sites excluding steroid dienone is 3. The Kier molecular flexibility index (Phi) is 14.9. The normalized spacial score (nSPS) is 12.0. The van der Waals surface area contributed by atoms with Crippen molar-refractivity contribution in [2.75, 3.05) is 0 Å². The summed E-state index contributed by atoms with van der Waals surface area (Å²) in [6, 6.07) is 73.0. The molecule has 0 aliphatic carbocycles. The summed E-state index contributed by atoms with van der Waals surface area (Å²) >= 11 is 0. The second-order valence-corrected chi connectivity index (χ2v) is 22.0. The Hall–Kier alpha value is -8.86. The average Bonchev–Trinajstić information content (AvgIpc) is 3.50. The van der Waals surface area contributed by atoms with E-state index in [9.17, 15) is 4.39 Å². The van der Waals surface area contributed by atoms with Gasteiger partial charge in [-0.1, -0.05) is 205 Å². The molecule has 0 saturated heterocycles. The van der Waals surface area contributed by atoms with Crippen LogP contribution in [0.5, 0.6) is 0 Å². The van der Waals surface area contributed by atoms with Gasteiger partial charge in [-0.15, -0.1) is 0 Å². The number of aryl methyl sites for hydroxylation is 1. The minimum Gasteiger partial charge on any atom is -0.273 e. The smallest absolute Gasteiger partial charge is 0.123 e. The Morgan fingerprint density at radius 2 is 0.870 bits per heavy atom. The first kappa shape index (κ1) is 51.6. The second kappa shape index (κ2) is 22.2. The molecule has 378 valence electrons. The summed E-state index contributed by atoms with van der Waals surface area (Å²) in [5.74, 6) is -0.251. The fourth-order valence-electron chi connectivity index (χ4n) is 10.2. The third-order valence-electron chi connectivity index (χ3n) is 14.6. The molecule has 10 aromatic rings. The summed E-state index contributed by atoms with van der Waals surface area (Å²) in [7, 11) is 0. The maximum absolute atomic E-state index is 13.7. The molecule has 0 unspecified atom stereocenters. The third kappa shape index (κ3) is 11.7. The lowest BCUT2D eigenvalue weighted by Gasteiger charge is -2.20. The molecule has 0 fully saturated rings. The van der Waals surface area contributed by atoms with Gasteiger partial charge in [-0.25, -0.2) is 4.39 Å². The van der Waals surface area contributed by atoms with E-state index in [0.717, 1.165) is 107 Å². The number of pyridine rings is 2. The summed E-state index contributed by atoms with van der Waals surface area (Å²) < 4.78 is 13.7. The molecule has 0 saturated carbocycles. The summed E-state index contributed by atoms with van der Waals surface area (Å²) in [6.07, 6.45) is 10.8. The van der Waals surface area contributed by atoms with Crippen LogP contribution in [0.15, 0.2) is 248 Å². The van der Waals surface area contributed by atoms with E-state index < -0.39 is 0 Å². The van der Waals surface area contributed by atoms with Crippen LogP contribution in [0, 0.1) is 18.2 Å². The molecule has 2 aromatic heterocycles. The molecule has 2 heterocycles. The molecule has 3 nitrogen and oxygen atoms in total. The predicted octanol–water partition coefficient (Wildman–Crippen LogP) is 20.0. The zero-order valence-electron chi connectivity index (χ0n) is 45.2. The lowest BCUT2D eigenvalue weighted by molar-refractivity contribution is 0.515. The van der Waals surface area contributed by atoms with Crippen molar-refractivity contribution in [2.45, 2.75) is 60.3 Å². The van der Waals surface area contributed by atoms with E-state index in [-0.39, 0.29) is 16.6 Å². The number of hydrogen-bond acceptors (Lipinski definition) is 3. The maximum atomic E-state index is 13.7. The molecule has 0 bridgehead atoms. The highest BCUT2D eigenvalue weighted by Crippen LogP contribution is 2.43. The van der Waals surface area contributed by atoms with Gasteiger partial charge in [0.05, 0.1) is 11.4 Å². The van der Waals surface area contributed by atoms with E-state index >= 15 is 0 Å². The van der Waals surface area contributed by atoms with Crippen LogP contribution in [-0.2, 0) is 11.8 Å². The van der Waals surface area contributed by atoms with Gasteiger partial charge >= 0.3 is 0 Å². The van der Waals surface area contributed by atoms with E-state index in [0.29, 0.717) is 0 Å². The molecular formula is C73H64FN3. The lowest BCUT2D eigenvalue weighted by atomic mass is 9.85. The standard InChI is InChI=1S/C73H64FN3/c1-49-43-70(77-48-69(49)54-34-37-62(74)38-35-54)55-30-26-52(27-31-55)64-16-10-13-19-67(64)58-44-57(66-18-12-9-15-63(66)51-24-21-50(22-25-51)23-36-60(39-41-75-8)72(2,3)4)45-59(46-58)68-20-14-11-17-65(68)53-28-32-56(33-29-53)71-47-61(40-42-76-71)73(5,6)7/h9-22,24-48H,8,23H2,1-7H3/b41-39-,60-36+. The topological polar surface area (TPSA) is 38.1 Å². The quantitative estimate of drug-likeness (QED) is 0.0853. The van der Waals surface area contributed by atoms with Crippen molar-refractivity contribution in [1.29, 1.82) is 0 Å². The van der Waals surface area contributed by atoms with Crippen molar-refractivity contribution in [3.63, 3.8) is 0 Å². The van der Waals surface area contributed by atoms with Crippen molar-refractivity contribution in [2.24, 2.45) is 10.4 Å². The average molecular weight is 1000 g/mol. The molecule has 10 rings (SSSR count). The fraction of sp³-hybridized carbons (Fsp3) is 0.137. The van der Waals surface area contributed by atoms with Crippen LogP contribution in [0.4, 0.5) is 4.39 Å². The fourth-order valence-corrected chi connectivity index (χ4v) is 10.2. The monoisotopic (exact) mass is 1000 g/mol. The second-order valence-electron chi connectivity index (χ2n) is 22.0. The van der Waals surface area contributed by atoms with Crippen molar-refractivity contribution >= 4 is 6.72 Å².